The average molecular weight is 363 g/mol. The van der Waals surface area contributed by atoms with Crippen molar-refractivity contribution in [2.24, 2.45) is 0 Å². The van der Waals surface area contributed by atoms with E-state index in [1.54, 1.807) is 14.0 Å². The van der Waals surface area contributed by atoms with Crippen molar-refractivity contribution in [1.82, 2.24) is 5.32 Å². The minimum Gasteiger partial charge on any atom is -0.497 e. The summed E-state index contributed by atoms with van der Waals surface area (Å²) in [6.07, 6.45) is 0.208. The maximum atomic E-state index is 12.6. The van der Waals surface area contributed by atoms with Crippen LogP contribution in [0.15, 0.2) is 66.7 Å². The molecule has 0 aliphatic carbocycles. The van der Waals surface area contributed by atoms with Gasteiger partial charge in [0.2, 0.25) is 0 Å². The molecule has 0 saturated carbocycles. The van der Waals surface area contributed by atoms with Gasteiger partial charge in [-0.05, 0) is 53.9 Å². The molecule has 0 unspecified atom stereocenters. The fourth-order valence-corrected chi connectivity index (χ4v) is 3.04. The Morgan fingerprint density at radius 1 is 0.963 bits per heavy atom. The third-order valence-electron chi connectivity index (χ3n) is 4.65. The Morgan fingerprint density at radius 3 is 2.30 bits per heavy atom. The molecule has 1 N–H and O–H groups in total. The molecule has 1 amide bonds. The molecule has 0 aromatic heterocycles. The lowest BCUT2D eigenvalue weighted by Crippen LogP contribution is -2.38. The van der Waals surface area contributed by atoms with E-state index in [0.29, 0.717) is 5.75 Å². The quantitative estimate of drug-likeness (QED) is 0.650. The predicted octanol–water partition coefficient (Wildman–Crippen LogP) is 4.88. The fourth-order valence-electron chi connectivity index (χ4n) is 3.04. The Bertz CT molecular complexity index is 905. The highest BCUT2D eigenvalue weighted by molar-refractivity contribution is 5.84. The van der Waals surface area contributed by atoms with E-state index >= 15 is 0 Å². The van der Waals surface area contributed by atoms with E-state index in [2.05, 4.69) is 11.4 Å². The van der Waals surface area contributed by atoms with Crippen LogP contribution in [0.1, 0.15) is 31.9 Å². The molecule has 0 heterocycles. The largest absolute Gasteiger partial charge is 0.497 e. The summed E-state index contributed by atoms with van der Waals surface area (Å²) in [7, 11) is 1.64. The van der Waals surface area contributed by atoms with Crippen molar-refractivity contribution in [3.8, 4) is 11.5 Å². The van der Waals surface area contributed by atoms with Crippen LogP contribution in [-0.4, -0.2) is 19.1 Å². The van der Waals surface area contributed by atoms with Gasteiger partial charge in [-0.25, -0.2) is 0 Å². The first-order valence-corrected chi connectivity index (χ1v) is 9.20. The maximum absolute atomic E-state index is 12.6. The summed E-state index contributed by atoms with van der Waals surface area (Å²) in [5.74, 6) is 1.35. The van der Waals surface area contributed by atoms with Crippen molar-refractivity contribution in [2.45, 2.75) is 32.4 Å². The highest BCUT2D eigenvalue weighted by atomic mass is 16.5. The van der Waals surface area contributed by atoms with Crippen LogP contribution in [0.25, 0.3) is 10.8 Å². The van der Waals surface area contributed by atoms with Gasteiger partial charge in [-0.1, -0.05) is 49.4 Å². The third kappa shape index (κ3) is 4.59. The van der Waals surface area contributed by atoms with Crippen LogP contribution >= 0.6 is 0 Å². The van der Waals surface area contributed by atoms with Crippen LogP contribution in [0.4, 0.5) is 0 Å². The number of amides is 1. The molecule has 2 atom stereocenters. The number of hydrogen-bond donors (Lipinski definition) is 1. The summed E-state index contributed by atoms with van der Waals surface area (Å²) in [6.45, 7) is 3.81. The van der Waals surface area contributed by atoms with E-state index in [1.165, 1.54) is 0 Å². The second-order valence-electron chi connectivity index (χ2n) is 6.51. The zero-order valence-electron chi connectivity index (χ0n) is 15.9. The molecule has 0 aliphatic rings. The van der Waals surface area contributed by atoms with Crippen LogP contribution in [-0.2, 0) is 4.79 Å². The molecule has 0 spiro atoms. The van der Waals surface area contributed by atoms with Crippen molar-refractivity contribution in [1.29, 1.82) is 0 Å². The molecular formula is C23H25NO3. The zero-order valence-corrected chi connectivity index (χ0v) is 15.9. The first kappa shape index (κ1) is 18.8. The topological polar surface area (TPSA) is 47.6 Å². The summed E-state index contributed by atoms with van der Waals surface area (Å²) in [5, 5.41) is 5.31. The summed E-state index contributed by atoms with van der Waals surface area (Å²) in [5.41, 5.74) is 1.05. The second kappa shape index (κ2) is 8.58. The van der Waals surface area contributed by atoms with Gasteiger partial charge in [0.05, 0.1) is 13.2 Å². The predicted molar refractivity (Wildman–Crippen MR) is 108 cm³/mol. The van der Waals surface area contributed by atoms with Gasteiger partial charge in [-0.2, -0.15) is 0 Å². The number of rotatable bonds is 7. The smallest absolute Gasteiger partial charge is 0.261 e. The molecule has 3 aromatic rings. The summed E-state index contributed by atoms with van der Waals surface area (Å²) in [6, 6.07) is 21.6. The van der Waals surface area contributed by atoms with Gasteiger partial charge in [-0.3, -0.25) is 4.79 Å². The van der Waals surface area contributed by atoms with Crippen molar-refractivity contribution in [3.05, 3.63) is 72.3 Å². The standard InChI is InChI=1S/C23H25NO3/c1-4-22(18-10-12-20(26-3)13-11-18)24-23(25)16(2)27-21-14-9-17-7-5-6-8-19(17)15-21/h5-16,22H,4H2,1-3H3,(H,24,25)/t16-,22+/m1/s1. The lowest BCUT2D eigenvalue weighted by molar-refractivity contribution is -0.128. The number of nitrogens with one attached hydrogen (secondary N) is 1. The Morgan fingerprint density at radius 2 is 1.63 bits per heavy atom. The van der Waals surface area contributed by atoms with E-state index in [-0.39, 0.29) is 11.9 Å². The molecule has 0 bridgehead atoms. The van der Waals surface area contributed by atoms with E-state index in [1.807, 2.05) is 67.6 Å². The minimum absolute atomic E-state index is 0.0638. The Hall–Kier alpha value is -3.01. The molecule has 3 rings (SSSR count). The number of carbonyl (C=O) groups is 1. The van der Waals surface area contributed by atoms with Crippen molar-refractivity contribution in [3.63, 3.8) is 0 Å². The normalized spacial score (nSPS) is 13.0. The fraction of sp³-hybridized carbons (Fsp3) is 0.261. The summed E-state index contributed by atoms with van der Waals surface area (Å²) >= 11 is 0. The van der Waals surface area contributed by atoms with Crippen molar-refractivity contribution in [2.75, 3.05) is 7.11 Å². The second-order valence-corrected chi connectivity index (χ2v) is 6.51. The van der Waals surface area contributed by atoms with Gasteiger partial charge < -0.3 is 14.8 Å². The van der Waals surface area contributed by atoms with Gasteiger partial charge >= 0.3 is 0 Å². The van der Waals surface area contributed by atoms with Crippen LogP contribution in [0.5, 0.6) is 11.5 Å². The van der Waals surface area contributed by atoms with E-state index < -0.39 is 6.10 Å². The molecule has 140 valence electrons. The highest BCUT2D eigenvalue weighted by Crippen LogP contribution is 2.23. The molecule has 0 saturated heterocycles. The maximum Gasteiger partial charge on any atom is 0.261 e. The van der Waals surface area contributed by atoms with Gasteiger partial charge in [-0.15, -0.1) is 0 Å². The first-order valence-electron chi connectivity index (χ1n) is 9.20. The molecule has 27 heavy (non-hydrogen) atoms. The Kier molecular flexibility index (Phi) is 5.97. The minimum atomic E-state index is -0.585. The Labute approximate surface area is 160 Å². The van der Waals surface area contributed by atoms with Gasteiger partial charge in [0.1, 0.15) is 11.5 Å². The molecule has 0 aliphatic heterocycles. The average Bonchev–Trinajstić information content (AvgIpc) is 2.71. The van der Waals surface area contributed by atoms with Crippen LogP contribution in [0.2, 0.25) is 0 Å². The molecule has 0 fully saturated rings. The molecule has 0 radical (unpaired) electrons. The van der Waals surface area contributed by atoms with Gasteiger partial charge in [0, 0.05) is 0 Å². The molecule has 4 nitrogen and oxygen atoms in total. The van der Waals surface area contributed by atoms with Crippen molar-refractivity contribution >= 4 is 16.7 Å². The SMILES string of the molecule is CC[C@H](NC(=O)[C@@H](C)Oc1ccc2ccccc2c1)c1ccc(OC)cc1. The molecular weight excluding hydrogens is 338 g/mol. The van der Waals surface area contributed by atoms with Crippen LogP contribution in [0.3, 0.4) is 0 Å². The highest BCUT2D eigenvalue weighted by Gasteiger charge is 2.19. The van der Waals surface area contributed by atoms with Crippen LogP contribution < -0.4 is 14.8 Å². The molecule has 3 aromatic carbocycles. The summed E-state index contributed by atoms with van der Waals surface area (Å²) < 4.78 is 11.1. The Balaban J connectivity index is 1.65. The van der Waals surface area contributed by atoms with E-state index in [4.69, 9.17) is 9.47 Å². The van der Waals surface area contributed by atoms with E-state index in [0.717, 1.165) is 28.5 Å². The summed E-state index contributed by atoms with van der Waals surface area (Å²) in [4.78, 5) is 12.6. The number of hydrogen-bond acceptors (Lipinski definition) is 3. The van der Waals surface area contributed by atoms with Gasteiger partial charge in [0.25, 0.3) is 5.91 Å². The monoisotopic (exact) mass is 363 g/mol. The number of carbonyl (C=O) groups excluding carboxylic acids is 1. The van der Waals surface area contributed by atoms with Crippen LogP contribution in [0, 0.1) is 0 Å². The lowest BCUT2D eigenvalue weighted by atomic mass is 10.0. The van der Waals surface area contributed by atoms with Gasteiger partial charge in [0.15, 0.2) is 6.10 Å². The molecule has 4 heteroatoms. The third-order valence-corrected chi connectivity index (χ3v) is 4.65. The van der Waals surface area contributed by atoms with E-state index in [9.17, 15) is 4.79 Å². The number of methoxy groups -OCH3 is 1. The lowest BCUT2D eigenvalue weighted by Gasteiger charge is -2.21. The number of fused-ring (bicyclic) bond motifs is 1. The zero-order chi connectivity index (χ0) is 19.2. The number of ether oxygens (including phenoxy) is 2. The van der Waals surface area contributed by atoms with Crippen molar-refractivity contribution < 1.29 is 14.3 Å². The number of benzene rings is 3. The first-order chi connectivity index (χ1) is 13.1.